The molecule has 0 spiro atoms. The Hall–Kier alpha value is -2.75. The molecule has 2 aromatic heterocycles. The van der Waals surface area contributed by atoms with Gasteiger partial charge < -0.3 is 9.15 Å². The molecule has 0 N–H and O–H groups in total. The van der Waals surface area contributed by atoms with Crippen LogP contribution in [0.25, 0.3) is 22.9 Å². The number of hydrogen-bond donors (Lipinski definition) is 0. The van der Waals surface area contributed by atoms with Crippen LogP contribution in [0, 0.1) is 0 Å². The molecule has 0 fully saturated rings. The summed E-state index contributed by atoms with van der Waals surface area (Å²) in [7, 11) is 0. The zero-order chi connectivity index (χ0) is 18.0. The Morgan fingerprint density at radius 1 is 1.08 bits per heavy atom. The maximum atomic E-state index is 12.4. The van der Waals surface area contributed by atoms with E-state index in [0.717, 1.165) is 4.47 Å². The number of aromatic nitrogens is 3. The van der Waals surface area contributed by atoms with E-state index in [1.807, 2.05) is 0 Å². The van der Waals surface area contributed by atoms with Gasteiger partial charge in [0.2, 0.25) is 11.8 Å². The second-order valence-corrected chi connectivity index (χ2v) is 5.58. The molecule has 10 heteroatoms. The first-order chi connectivity index (χ1) is 11.8. The number of rotatable bonds is 3. The van der Waals surface area contributed by atoms with Crippen molar-refractivity contribution in [2.75, 3.05) is 0 Å². The lowest BCUT2D eigenvalue weighted by molar-refractivity contribution is -0.189. The van der Waals surface area contributed by atoms with Gasteiger partial charge in [0, 0.05) is 16.2 Å². The fraction of sp³-hybridized carbons (Fsp3) is 0.0667. The molecule has 128 valence electrons. The first kappa shape index (κ1) is 17.1. The minimum atomic E-state index is -5.15. The largest absolute Gasteiger partial charge is 0.491 e. The van der Waals surface area contributed by atoms with Crippen LogP contribution < -0.4 is 4.74 Å². The molecule has 0 amide bonds. The van der Waals surface area contributed by atoms with Gasteiger partial charge in [-0.25, -0.2) is 9.78 Å². The quantitative estimate of drug-likeness (QED) is 0.603. The average Bonchev–Trinajstić information content (AvgIpc) is 3.05. The number of carbonyl (C=O) groups excluding carboxylic acids is 1. The highest BCUT2D eigenvalue weighted by molar-refractivity contribution is 9.10. The van der Waals surface area contributed by atoms with Crippen molar-refractivity contribution in [3.05, 3.63) is 47.1 Å². The summed E-state index contributed by atoms with van der Waals surface area (Å²) in [5.41, 5.74) is 0.579. The highest BCUT2D eigenvalue weighted by atomic mass is 79.9. The van der Waals surface area contributed by atoms with Gasteiger partial charge in [0.1, 0.15) is 5.56 Å². The monoisotopic (exact) mass is 413 g/mol. The predicted octanol–water partition coefficient (Wildman–Crippen LogP) is 4.03. The third-order valence-corrected chi connectivity index (χ3v) is 3.47. The van der Waals surface area contributed by atoms with Crippen molar-refractivity contribution in [1.82, 2.24) is 15.2 Å². The van der Waals surface area contributed by atoms with Crippen LogP contribution in [0.4, 0.5) is 13.2 Å². The maximum Gasteiger partial charge on any atom is 0.491 e. The first-order valence-electron chi connectivity index (χ1n) is 6.68. The van der Waals surface area contributed by atoms with Crippen molar-refractivity contribution in [3.8, 4) is 28.8 Å². The van der Waals surface area contributed by atoms with Crippen molar-refractivity contribution in [1.29, 1.82) is 0 Å². The van der Waals surface area contributed by atoms with Crippen LogP contribution in [-0.2, 0) is 4.79 Å². The van der Waals surface area contributed by atoms with Crippen LogP contribution >= 0.6 is 15.9 Å². The fourth-order valence-electron chi connectivity index (χ4n) is 1.82. The lowest BCUT2D eigenvalue weighted by Gasteiger charge is -2.07. The normalized spacial score (nSPS) is 11.4. The van der Waals surface area contributed by atoms with Gasteiger partial charge in [0.05, 0.1) is 0 Å². The molecule has 2 heterocycles. The van der Waals surface area contributed by atoms with Crippen molar-refractivity contribution in [3.63, 3.8) is 0 Å². The van der Waals surface area contributed by atoms with Crippen LogP contribution in [0.15, 0.2) is 51.5 Å². The van der Waals surface area contributed by atoms with Gasteiger partial charge in [-0.15, -0.1) is 10.2 Å². The number of alkyl halides is 3. The Labute approximate surface area is 146 Å². The lowest BCUT2D eigenvalue weighted by atomic mass is 10.2. The van der Waals surface area contributed by atoms with E-state index in [1.54, 1.807) is 24.3 Å². The number of carbonyl (C=O) groups is 1. The molecule has 0 aliphatic heterocycles. The van der Waals surface area contributed by atoms with Crippen LogP contribution in [0.3, 0.4) is 0 Å². The smallest absolute Gasteiger partial charge is 0.416 e. The van der Waals surface area contributed by atoms with E-state index >= 15 is 0 Å². The van der Waals surface area contributed by atoms with Crippen LogP contribution in [-0.4, -0.2) is 27.3 Å². The average molecular weight is 414 g/mol. The van der Waals surface area contributed by atoms with Gasteiger partial charge in [-0.2, -0.15) is 13.2 Å². The Morgan fingerprint density at radius 2 is 1.76 bits per heavy atom. The summed E-state index contributed by atoms with van der Waals surface area (Å²) in [5, 5.41) is 7.61. The van der Waals surface area contributed by atoms with E-state index in [9.17, 15) is 18.0 Å². The molecule has 0 saturated carbocycles. The number of halogens is 4. The van der Waals surface area contributed by atoms with E-state index < -0.39 is 18.0 Å². The fourth-order valence-corrected chi connectivity index (χ4v) is 2.09. The minimum absolute atomic E-state index is 0.0315. The van der Waals surface area contributed by atoms with Crippen molar-refractivity contribution in [2.24, 2.45) is 0 Å². The zero-order valence-electron chi connectivity index (χ0n) is 12.1. The first-order valence-corrected chi connectivity index (χ1v) is 7.48. The van der Waals surface area contributed by atoms with Crippen molar-refractivity contribution >= 4 is 21.9 Å². The van der Waals surface area contributed by atoms with Crippen LogP contribution in [0.2, 0.25) is 0 Å². The number of ether oxygens (including phenoxy) is 1. The minimum Gasteiger partial charge on any atom is -0.416 e. The summed E-state index contributed by atoms with van der Waals surface area (Å²) in [6.07, 6.45) is -3.97. The Bertz CT molecular complexity index is 910. The number of nitrogens with zero attached hydrogens (tertiary/aromatic N) is 3. The van der Waals surface area contributed by atoms with Gasteiger partial charge in [-0.05, 0) is 36.4 Å². The third-order valence-electron chi connectivity index (χ3n) is 2.94. The summed E-state index contributed by atoms with van der Waals surface area (Å²) in [6.45, 7) is 0. The molecule has 0 unspecified atom stereocenters. The molecular formula is C15H7BrF3N3O3. The van der Waals surface area contributed by atoms with Crippen LogP contribution in [0.5, 0.6) is 5.88 Å². The van der Waals surface area contributed by atoms with Gasteiger partial charge in [0.15, 0.2) is 0 Å². The Kier molecular flexibility index (Phi) is 4.53. The van der Waals surface area contributed by atoms with Crippen LogP contribution in [0.1, 0.15) is 0 Å². The number of benzene rings is 1. The molecule has 6 nitrogen and oxygen atoms in total. The molecule has 0 radical (unpaired) electrons. The standard InChI is InChI=1S/C15H7BrF3N3O3/c16-9-5-3-8(4-6-9)11-21-22-13(24-11)10-2-1-7-20-12(10)25-14(23)15(17,18)19/h1-7H. The molecule has 0 aliphatic carbocycles. The van der Waals surface area contributed by atoms with E-state index in [1.165, 1.54) is 18.3 Å². The van der Waals surface area contributed by atoms with E-state index in [4.69, 9.17) is 4.42 Å². The molecule has 1 aromatic carbocycles. The Morgan fingerprint density at radius 3 is 2.44 bits per heavy atom. The topological polar surface area (TPSA) is 78.1 Å². The molecule has 0 atom stereocenters. The second-order valence-electron chi connectivity index (χ2n) is 4.66. The maximum absolute atomic E-state index is 12.4. The van der Waals surface area contributed by atoms with Gasteiger partial charge in [-0.1, -0.05) is 15.9 Å². The van der Waals surface area contributed by atoms with Gasteiger partial charge >= 0.3 is 12.1 Å². The molecular weight excluding hydrogens is 407 g/mol. The third kappa shape index (κ3) is 3.85. The van der Waals surface area contributed by atoms with E-state index in [-0.39, 0.29) is 17.3 Å². The number of esters is 1. The predicted molar refractivity (Wildman–Crippen MR) is 82.4 cm³/mol. The second kappa shape index (κ2) is 6.63. The van der Waals surface area contributed by atoms with Gasteiger partial charge in [-0.3, -0.25) is 0 Å². The molecule has 0 bridgehead atoms. The van der Waals surface area contributed by atoms with E-state index in [2.05, 4.69) is 35.8 Å². The summed E-state index contributed by atoms with van der Waals surface area (Å²) in [5.74, 6) is -2.94. The van der Waals surface area contributed by atoms with E-state index in [0.29, 0.717) is 5.56 Å². The summed E-state index contributed by atoms with van der Waals surface area (Å²) in [4.78, 5) is 14.6. The highest BCUT2D eigenvalue weighted by Crippen LogP contribution is 2.31. The lowest BCUT2D eigenvalue weighted by Crippen LogP contribution is -2.28. The summed E-state index contributed by atoms with van der Waals surface area (Å²) >= 11 is 3.29. The molecule has 3 aromatic rings. The van der Waals surface area contributed by atoms with Crippen molar-refractivity contribution in [2.45, 2.75) is 6.18 Å². The Balaban J connectivity index is 1.93. The number of pyridine rings is 1. The molecule has 25 heavy (non-hydrogen) atoms. The molecule has 3 rings (SSSR count). The van der Waals surface area contributed by atoms with Crippen molar-refractivity contribution < 1.29 is 27.1 Å². The number of hydrogen-bond acceptors (Lipinski definition) is 6. The highest BCUT2D eigenvalue weighted by Gasteiger charge is 2.42. The summed E-state index contributed by atoms with van der Waals surface area (Å²) in [6, 6.07) is 9.75. The molecule has 0 aliphatic rings. The molecule has 0 saturated heterocycles. The zero-order valence-corrected chi connectivity index (χ0v) is 13.7. The summed E-state index contributed by atoms with van der Waals surface area (Å²) < 4.78 is 47.7. The SMILES string of the molecule is O=C(Oc1ncccc1-c1nnc(-c2ccc(Br)cc2)o1)C(F)(F)F. The van der Waals surface area contributed by atoms with Gasteiger partial charge in [0.25, 0.3) is 5.89 Å².